The van der Waals surface area contributed by atoms with Crippen molar-refractivity contribution in [2.24, 2.45) is 11.1 Å². The standard InChI is InChI=1S/C5H9F2NOS/c6-5(7)3-4(5)1-2-10(8)9/h4H,1-3,8H2. The van der Waals surface area contributed by atoms with E-state index in [-0.39, 0.29) is 18.6 Å². The largest absolute Gasteiger partial charge is 0.252 e. The molecule has 1 rings (SSSR count). The van der Waals surface area contributed by atoms with E-state index >= 15 is 0 Å². The topological polar surface area (TPSA) is 43.1 Å². The van der Waals surface area contributed by atoms with Crippen LogP contribution < -0.4 is 5.14 Å². The maximum atomic E-state index is 12.1. The second kappa shape index (κ2) is 2.54. The van der Waals surface area contributed by atoms with Gasteiger partial charge in [-0.3, -0.25) is 5.14 Å². The number of nitrogens with two attached hydrogens (primary N) is 1. The molecule has 0 radical (unpaired) electrons. The smallest absolute Gasteiger partial charge is 0.251 e. The highest BCUT2D eigenvalue weighted by atomic mass is 32.2. The van der Waals surface area contributed by atoms with Gasteiger partial charge >= 0.3 is 0 Å². The average molecular weight is 169 g/mol. The van der Waals surface area contributed by atoms with Crippen molar-refractivity contribution in [3.05, 3.63) is 0 Å². The van der Waals surface area contributed by atoms with Gasteiger partial charge in [0.2, 0.25) is 0 Å². The normalized spacial score (nSPS) is 31.7. The van der Waals surface area contributed by atoms with Crippen molar-refractivity contribution in [2.75, 3.05) is 5.75 Å². The monoisotopic (exact) mass is 169 g/mol. The number of hydrogen-bond acceptors (Lipinski definition) is 1. The fraction of sp³-hybridized carbons (Fsp3) is 1.00. The van der Waals surface area contributed by atoms with Crippen LogP contribution in [0.15, 0.2) is 0 Å². The minimum Gasteiger partial charge on any atom is -0.252 e. The highest BCUT2D eigenvalue weighted by molar-refractivity contribution is 7.82. The molecule has 0 spiro atoms. The molecule has 1 aliphatic carbocycles. The van der Waals surface area contributed by atoms with Gasteiger partial charge in [-0.25, -0.2) is 13.0 Å². The van der Waals surface area contributed by atoms with E-state index in [4.69, 9.17) is 5.14 Å². The van der Waals surface area contributed by atoms with Gasteiger partial charge < -0.3 is 0 Å². The first kappa shape index (κ1) is 8.07. The second-order valence-corrected chi connectivity index (χ2v) is 3.71. The molecule has 0 aromatic rings. The lowest BCUT2D eigenvalue weighted by Crippen LogP contribution is -2.09. The van der Waals surface area contributed by atoms with E-state index in [1.807, 2.05) is 0 Å². The van der Waals surface area contributed by atoms with Crippen LogP contribution in [-0.2, 0) is 11.0 Å². The molecule has 2 unspecified atom stereocenters. The average Bonchev–Trinajstić information content (AvgIpc) is 2.35. The van der Waals surface area contributed by atoms with Crippen molar-refractivity contribution in [1.29, 1.82) is 0 Å². The highest BCUT2D eigenvalue weighted by Gasteiger charge is 2.55. The second-order valence-electron chi connectivity index (χ2n) is 2.54. The lowest BCUT2D eigenvalue weighted by Gasteiger charge is -1.94. The Morgan fingerprint density at radius 1 is 1.70 bits per heavy atom. The molecule has 0 bridgehead atoms. The van der Waals surface area contributed by atoms with Crippen LogP contribution in [0.1, 0.15) is 12.8 Å². The summed E-state index contributed by atoms with van der Waals surface area (Å²) >= 11 is 0. The Morgan fingerprint density at radius 2 is 2.20 bits per heavy atom. The zero-order valence-electron chi connectivity index (χ0n) is 5.35. The lowest BCUT2D eigenvalue weighted by atomic mass is 10.3. The van der Waals surface area contributed by atoms with E-state index in [1.165, 1.54) is 0 Å². The van der Waals surface area contributed by atoms with Crippen LogP contribution in [0.25, 0.3) is 0 Å². The first-order valence-electron chi connectivity index (χ1n) is 3.03. The molecule has 1 fully saturated rings. The van der Waals surface area contributed by atoms with E-state index in [1.54, 1.807) is 0 Å². The van der Waals surface area contributed by atoms with Crippen molar-refractivity contribution >= 4 is 11.0 Å². The molecule has 0 saturated heterocycles. The molecule has 0 amide bonds. The molecule has 0 heterocycles. The van der Waals surface area contributed by atoms with Crippen molar-refractivity contribution < 1.29 is 13.0 Å². The van der Waals surface area contributed by atoms with Crippen LogP contribution in [0.2, 0.25) is 0 Å². The molecule has 1 aliphatic rings. The minimum absolute atomic E-state index is 0.0514. The Bertz CT molecular complexity index is 162. The summed E-state index contributed by atoms with van der Waals surface area (Å²) in [4.78, 5) is 0. The van der Waals surface area contributed by atoms with Crippen molar-refractivity contribution in [2.45, 2.75) is 18.8 Å². The van der Waals surface area contributed by atoms with E-state index in [2.05, 4.69) is 0 Å². The molecule has 10 heavy (non-hydrogen) atoms. The summed E-state index contributed by atoms with van der Waals surface area (Å²) in [6, 6.07) is 0. The Hall–Kier alpha value is -0.0300. The van der Waals surface area contributed by atoms with Gasteiger partial charge in [0.25, 0.3) is 5.92 Å². The summed E-state index contributed by atoms with van der Waals surface area (Å²) in [6.45, 7) is 0. The number of alkyl halides is 2. The first-order chi connectivity index (χ1) is 4.52. The SMILES string of the molecule is NS(=O)CCC1CC1(F)F. The number of halogens is 2. The molecule has 0 aromatic heterocycles. The first-order valence-corrected chi connectivity index (χ1v) is 4.41. The summed E-state index contributed by atoms with van der Waals surface area (Å²) in [6.07, 6.45) is 0.236. The van der Waals surface area contributed by atoms with E-state index < -0.39 is 22.8 Å². The van der Waals surface area contributed by atoms with Gasteiger partial charge in [-0.2, -0.15) is 0 Å². The summed E-state index contributed by atoms with van der Waals surface area (Å²) in [5, 5.41) is 4.88. The minimum atomic E-state index is -2.49. The number of rotatable bonds is 3. The van der Waals surface area contributed by atoms with Crippen LogP contribution in [0.5, 0.6) is 0 Å². The molecule has 2 nitrogen and oxygen atoms in total. The predicted molar refractivity (Wildman–Crippen MR) is 34.9 cm³/mol. The molecule has 0 aliphatic heterocycles. The van der Waals surface area contributed by atoms with Crippen molar-refractivity contribution in [1.82, 2.24) is 0 Å². The molecular weight excluding hydrogens is 160 g/mol. The van der Waals surface area contributed by atoms with Crippen LogP contribution in [0.4, 0.5) is 8.78 Å². The summed E-state index contributed by atoms with van der Waals surface area (Å²) in [5.74, 6) is -2.85. The maximum Gasteiger partial charge on any atom is 0.251 e. The third kappa shape index (κ3) is 1.98. The van der Waals surface area contributed by atoms with Gasteiger partial charge in [0.05, 0.1) is 11.0 Å². The predicted octanol–water partition coefficient (Wildman–Crippen LogP) is 0.654. The number of hydrogen-bond donors (Lipinski definition) is 1. The van der Waals surface area contributed by atoms with Crippen LogP contribution in [0.3, 0.4) is 0 Å². The molecule has 5 heteroatoms. The lowest BCUT2D eigenvalue weighted by molar-refractivity contribution is 0.0983. The Kier molecular flexibility index (Phi) is 2.05. The van der Waals surface area contributed by atoms with Gasteiger partial charge in [0.15, 0.2) is 0 Å². The van der Waals surface area contributed by atoms with Crippen molar-refractivity contribution in [3.8, 4) is 0 Å². The van der Waals surface area contributed by atoms with Gasteiger partial charge in [-0.05, 0) is 6.42 Å². The quantitative estimate of drug-likeness (QED) is 0.662. The summed E-state index contributed by atoms with van der Waals surface area (Å²) < 4.78 is 34.4. The molecule has 0 aromatic carbocycles. The Morgan fingerprint density at radius 3 is 2.50 bits per heavy atom. The van der Waals surface area contributed by atoms with Gasteiger partial charge in [-0.1, -0.05) is 0 Å². The fourth-order valence-electron chi connectivity index (χ4n) is 0.841. The summed E-state index contributed by atoms with van der Waals surface area (Å²) in [5.41, 5.74) is 0. The molecular formula is C5H9F2NOS. The van der Waals surface area contributed by atoms with Gasteiger partial charge in [0.1, 0.15) is 0 Å². The van der Waals surface area contributed by atoms with E-state index in [0.29, 0.717) is 0 Å². The van der Waals surface area contributed by atoms with E-state index in [0.717, 1.165) is 0 Å². The molecule has 1 saturated carbocycles. The van der Waals surface area contributed by atoms with E-state index in [9.17, 15) is 13.0 Å². The maximum absolute atomic E-state index is 12.1. The zero-order valence-corrected chi connectivity index (χ0v) is 6.16. The van der Waals surface area contributed by atoms with Crippen molar-refractivity contribution in [3.63, 3.8) is 0 Å². The Balaban J connectivity index is 2.13. The van der Waals surface area contributed by atoms with Crippen LogP contribution in [-0.4, -0.2) is 15.9 Å². The zero-order chi connectivity index (χ0) is 7.78. The van der Waals surface area contributed by atoms with Gasteiger partial charge in [0, 0.05) is 18.1 Å². The fourth-order valence-corrected chi connectivity index (χ4v) is 1.36. The highest BCUT2D eigenvalue weighted by Crippen LogP contribution is 2.50. The van der Waals surface area contributed by atoms with Crippen LogP contribution in [0, 0.1) is 5.92 Å². The summed E-state index contributed by atoms with van der Waals surface area (Å²) in [7, 11) is -1.41. The molecule has 2 N–H and O–H groups in total. The third-order valence-electron chi connectivity index (χ3n) is 1.62. The Labute approximate surface area is 60.4 Å². The molecule has 60 valence electrons. The third-order valence-corrected chi connectivity index (χ3v) is 2.26. The van der Waals surface area contributed by atoms with Crippen LogP contribution >= 0.6 is 0 Å². The van der Waals surface area contributed by atoms with Gasteiger partial charge in [-0.15, -0.1) is 0 Å². The molecule has 2 atom stereocenters.